The van der Waals surface area contributed by atoms with Crippen LogP contribution < -0.4 is 5.73 Å². The highest BCUT2D eigenvalue weighted by Crippen LogP contribution is 2.29. The first-order valence-corrected chi connectivity index (χ1v) is 7.21. The van der Waals surface area contributed by atoms with Crippen LogP contribution in [-0.2, 0) is 10.0 Å². The number of sulfonamides is 1. The van der Waals surface area contributed by atoms with Gasteiger partial charge in [0.1, 0.15) is 4.90 Å². The normalized spacial score (nSPS) is 26.2. The lowest BCUT2D eigenvalue weighted by molar-refractivity contribution is 0.463. The highest BCUT2D eigenvalue weighted by atomic mass is 32.2. The molecule has 0 aliphatic carbocycles. The van der Waals surface area contributed by atoms with E-state index >= 15 is 0 Å². The molecule has 17 heavy (non-hydrogen) atoms. The zero-order valence-corrected chi connectivity index (χ0v) is 10.9. The highest BCUT2D eigenvalue weighted by Gasteiger charge is 2.35. The summed E-state index contributed by atoms with van der Waals surface area (Å²) in [6.07, 6.45) is 0. The van der Waals surface area contributed by atoms with Crippen LogP contribution in [0.25, 0.3) is 0 Å². The van der Waals surface area contributed by atoms with Gasteiger partial charge >= 0.3 is 0 Å². The molecule has 2 N–H and O–H groups in total. The molecule has 1 aromatic rings. The van der Waals surface area contributed by atoms with E-state index in [0.29, 0.717) is 30.6 Å². The molecule has 5 heteroatoms. The van der Waals surface area contributed by atoms with Crippen molar-refractivity contribution in [1.82, 2.24) is 4.31 Å². The van der Waals surface area contributed by atoms with Crippen molar-refractivity contribution in [2.45, 2.75) is 18.7 Å². The zero-order valence-electron chi connectivity index (χ0n) is 10.1. The number of rotatable bonds is 2. The summed E-state index contributed by atoms with van der Waals surface area (Å²) in [6, 6.07) is 6.63. The van der Waals surface area contributed by atoms with Gasteiger partial charge in [0, 0.05) is 13.1 Å². The minimum Gasteiger partial charge on any atom is -0.398 e. The van der Waals surface area contributed by atoms with Gasteiger partial charge in [-0.25, -0.2) is 8.42 Å². The quantitative estimate of drug-likeness (QED) is 0.814. The van der Waals surface area contributed by atoms with Crippen LogP contribution >= 0.6 is 0 Å². The van der Waals surface area contributed by atoms with Crippen LogP contribution in [0.5, 0.6) is 0 Å². The molecular formula is C12H18N2O2S. The summed E-state index contributed by atoms with van der Waals surface area (Å²) in [5.41, 5.74) is 6.06. The van der Waals surface area contributed by atoms with Crippen molar-refractivity contribution >= 4 is 15.7 Å². The van der Waals surface area contributed by atoms with Gasteiger partial charge in [-0.05, 0) is 24.0 Å². The molecule has 0 spiro atoms. The lowest BCUT2D eigenvalue weighted by Gasteiger charge is -2.17. The monoisotopic (exact) mass is 254 g/mol. The third-order valence-corrected chi connectivity index (χ3v) is 5.40. The standard InChI is InChI=1S/C12H18N2O2S/c1-9-7-14(8-10(9)2)17(15,16)12-6-4-3-5-11(12)13/h3-6,9-10H,7-8,13H2,1-2H3. The van der Waals surface area contributed by atoms with E-state index in [-0.39, 0.29) is 4.90 Å². The number of anilines is 1. The average molecular weight is 254 g/mol. The molecule has 1 fully saturated rings. The topological polar surface area (TPSA) is 63.4 Å². The fourth-order valence-electron chi connectivity index (χ4n) is 2.13. The molecule has 0 saturated carbocycles. The Morgan fingerprint density at radius 2 is 1.71 bits per heavy atom. The first kappa shape index (κ1) is 12.4. The Morgan fingerprint density at radius 3 is 2.24 bits per heavy atom. The van der Waals surface area contributed by atoms with Crippen LogP contribution in [-0.4, -0.2) is 25.8 Å². The molecule has 2 rings (SSSR count). The van der Waals surface area contributed by atoms with E-state index in [2.05, 4.69) is 13.8 Å². The van der Waals surface area contributed by atoms with Crippen molar-refractivity contribution in [3.63, 3.8) is 0 Å². The van der Waals surface area contributed by atoms with E-state index in [1.807, 2.05) is 0 Å². The zero-order chi connectivity index (χ0) is 12.6. The van der Waals surface area contributed by atoms with Gasteiger partial charge < -0.3 is 5.73 Å². The van der Waals surface area contributed by atoms with Gasteiger partial charge in [0.25, 0.3) is 0 Å². The number of nitrogens with two attached hydrogens (primary N) is 1. The molecule has 0 amide bonds. The van der Waals surface area contributed by atoms with E-state index < -0.39 is 10.0 Å². The lowest BCUT2D eigenvalue weighted by Crippen LogP contribution is -2.29. The summed E-state index contributed by atoms with van der Waals surface area (Å²) < 4.78 is 26.3. The Hall–Kier alpha value is -1.07. The van der Waals surface area contributed by atoms with Crippen molar-refractivity contribution < 1.29 is 8.42 Å². The largest absolute Gasteiger partial charge is 0.398 e. The smallest absolute Gasteiger partial charge is 0.245 e. The summed E-state index contributed by atoms with van der Waals surface area (Å²) in [7, 11) is -3.43. The molecular weight excluding hydrogens is 236 g/mol. The number of para-hydroxylation sites is 1. The molecule has 2 atom stereocenters. The van der Waals surface area contributed by atoms with E-state index in [9.17, 15) is 8.42 Å². The molecule has 1 aliphatic rings. The van der Waals surface area contributed by atoms with Crippen LogP contribution in [0, 0.1) is 11.8 Å². The fourth-order valence-corrected chi connectivity index (χ4v) is 3.89. The number of nitrogens with zero attached hydrogens (tertiary/aromatic N) is 1. The minimum absolute atomic E-state index is 0.223. The number of benzene rings is 1. The summed E-state index contributed by atoms with van der Waals surface area (Å²) in [5, 5.41) is 0. The maximum absolute atomic E-state index is 12.4. The molecule has 1 heterocycles. The van der Waals surface area contributed by atoms with Crippen LogP contribution in [0.3, 0.4) is 0 Å². The molecule has 0 radical (unpaired) electrons. The van der Waals surface area contributed by atoms with Crippen molar-refractivity contribution in [1.29, 1.82) is 0 Å². The molecule has 1 saturated heterocycles. The van der Waals surface area contributed by atoms with Crippen molar-refractivity contribution in [3.8, 4) is 0 Å². The van der Waals surface area contributed by atoms with Gasteiger partial charge in [0.2, 0.25) is 10.0 Å². The summed E-state index contributed by atoms with van der Waals surface area (Å²) in [6.45, 7) is 5.32. The predicted octanol–water partition coefficient (Wildman–Crippen LogP) is 1.55. The van der Waals surface area contributed by atoms with Gasteiger partial charge in [-0.1, -0.05) is 26.0 Å². The minimum atomic E-state index is -3.43. The Labute approximate surface area is 102 Å². The second-order valence-corrected chi connectivity index (χ2v) is 6.72. The van der Waals surface area contributed by atoms with Gasteiger partial charge in [-0.15, -0.1) is 0 Å². The SMILES string of the molecule is CC1CN(S(=O)(=O)c2ccccc2N)CC1C. The Kier molecular flexibility index (Phi) is 3.14. The molecule has 0 bridgehead atoms. The summed E-state index contributed by atoms with van der Waals surface area (Å²) in [4.78, 5) is 0.223. The third-order valence-electron chi connectivity index (χ3n) is 3.49. The molecule has 1 aliphatic heterocycles. The third kappa shape index (κ3) is 2.17. The molecule has 4 nitrogen and oxygen atoms in total. The lowest BCUT2D eigenvalue weighted by atomic mass is 10.0. The second kappa shape index (κ2) is 4.31. The van der Waals surface area contributed by atoms with Crippen LogP contribution in [0.1, 0.15) is 13.8 Å². The highest BCUT2D eigenvalue weighted by molar-refractivity contribution is 7.89. The molecule has 1 aromatic carbocycles. The Morgan fingerprint density at radius 1 is 1.18 bits per heavy atom. The number of nitrogen functional groups attached to an aromatic ring is 1. The maximum Gasteiger partial charge on any atom is 0.245 e. The van der Waals surface area contributed by atoms with Crippen LogP contribution in [0.2, 0.25) is 0 Å². The first-order chi connectivity index (χ1) is 7.93. The second-order valence-electron chi connectivity index (χ2n) is 4.81. The first-order valence-electron chi connectivity index (χ1n) is 5.77. The van der Waals surface area contributed by atoms with Crippen LogP contribution in [0.4, 0.5) is 5.69 Å². The molecule has 0 aromatic heterocycles. The van der Waals surface area contributed by atoms with Gasteiger partial charge in [-0.2, -0.15) is 4.31 Å². The predicted molar refractivity (Wildman–Crippen MR) is 67.9 cm³/mol. The molecule has 2 unspecified atom stereocenters. The van der Waals surface area contributed by atoms with Gasteiger partial charge in [0.15, 0.2) is 0 Å². The van der Waals surface area contributed by atoms with E-state index in [0.717, 1.165) is 0 Å². The summed E-state index contributed by atoms with van der Waals surface area (Å²) >= 11 is 0. The number of hydrogen-bond donors (Lipinski definition) is 1. The van der Waals surface area contributed by atoms with Crippen molar-refractivity contribution in [2.24, 2.45) is 11.8 Å². The van der Waals surface area contributed by atoms with Crippen molar-refractivity contribution in [2.75, 3.05) is 18.8 Å². The van der Waals surface area contributed by atoms with Crippen molar-refractivity contribution in [3.05, 3.63) is 24.3 Å². The van der Waals surface area contributed by atoms with Gasteiger partial charge in [-0.3, -0.25) is 0 Å². The number of hydrogen-bond acceptors (Lipinski definition) is 3. The fraction of sp³-hybridized carbons (Fsp3) is 0.500. The summed E-state index contributed by atoms with van der Waals surface area (Å²) in [5.74, 6) is 0.796. The van der Waals surface area contributed by atoms with E-state index in [1.165, 1.54) is 4.31 Å². The van der Waals surface area contributed by atoms with Crippen LogP contribution in [0.15, 0.2) is 29.2 Å². The Balaban J connectivity index is 2.36. The van der Waals surface area contributed by atoms with E-state index in [4.69, 9.17) is 5.73 Å². The Bertz CT molecular complexity index is 503. The average Bonchev–Trinajstić information content (AvgIpc) is 2.60. The molecule has 94 valence electrons. The maximum atomic E-state index is 12.4. The van der Waals surface area contributed by atoms with Gasteiger partial charge in [0.05, 0.1) is 5.69 Å². The van der Waals surface area contributed by atoms with E-state index in [1.54, 1.807) is 24.3 Å².